The normalized spacial score (nSPS) is 19.1. The molecule has 7 heteroatoms. The van der Waals surface area contributed by atoms with Crippen molar-refractivity contribution < 1.29 is 14.1 Å². The number of amides is 1. The maximum absolute atomic E-state index is 13.5. The zero-order valence-electron chi connectivity index (χ0n) is 16.0. The highest BCUT2D eigenvalue weighted by Gasteiger charge is 2.51. The number of carbonyl (C=O) groups is 1. The van der Waals surface area contributed by atoms with Crippen LogP contribution < -0.4 is 11.1 Å². The number of hydrogen-bond donors (Lipinski definition) is 2. The van der Waals surface area contributed by atoms with Gasteiger partial charge in [-0.05, 0) is 62.5 Å². The van der Waals surface area contributed by atoms with E-state index in [4.69, 9.17) is 10.5 Å². The Bertz CT molecular complexity index is 643. The first-order valence-electron chi connectivity index (χ1n) is 9.26. The van der Waals surface area contributed by atoms with Crippen molar-refractivity contribution in [2.24, 2.45) is 11.7 Å². The van der Waals surface area contributed by atoms with Crippen LogP contribution in [0.2, 0.25) is 0 Å². The maximum Gasteiger partial charge on any atom is 0.232 e. The van der Waals surface area contributed by atoms with Crippen LogP contribution in [0.3, 0.4) is 0 Å². The molecule has 0 aliphatic carbocycles. The Balaban J connectivity index is 2.00. The van der Waals surface area contributed by atoms with Crippen LogP contribution in [-0.2, 0) is 14.1 Å². The molecular weight excluding hydrogens is 367 g/mol. The minimum absolute atomic E-state index is 0.429. The average Bonchev–Trinajstić information content (AvgIpc) is 2.60. The summed E-state index contributed by atoms with van der Waals surface area (Å²) >= 11 is 1.29. The number of benzene rings is 1. The van der Waals surface area contributed by atoms with Gasteiger partial charge in [0.15, 0.2) is 6.34 Å². The molecule has 1 heterocycles. The van der Waals surface area contributed by atoms with E-state index in [1.807, 2.05) is 24.3 Å². The third kappa shape index (κ3) is 5.28. The molecule has 0 radical (unpaired) electrons. The molecule has 1 aliphatic rings. The van der Waals surface area contributed by atoms with Crippen molar-refractivity contribution in [1.29, 1.82) is 0 Å². The second kappa shape index (κ2) is 9.29. The molecule has 0 saturated carbocycles. The second-order valence-electron chi connectivity index (χ2n) is 7.43. The number of primary amides is 1. The number of hydrogen-bond acceptors (Lipinski definition) is 5. The smallest absolute Gasteiger partial charge is 0.232 e. The van der Waals surface area contributed by atoms with Gasteiger partial charge in [0, 0.05) is 30.3 Å². The summed E-state index contributed by atoms with van der Waals surface area (Å²) in [6.45, 7) is 7.95. The molecule has 3 N–H and O–H groups in total. The molecule has 1 unspecified atom stereocenters. The highest BCUT2D eigenvalue weighted by atomic mass is 32.7. The van der Waals surface area contributed by atoms with Crippen molar-refractivity contribution in [2.75, 3.05) is 31.7 Å². The molecule has 26 heavy (non-hydrogen) atoms. The zero-order chi connectivity index (χ0) is 19.2. The quantitative estimate of drug-likeness (QED) is 0.470. The second-order valence-corrected chi connectivity index (χ2v) is 13.3. The summed E-state index contributed by atoms with van der Waals surface area (Å²) in [5.41, 5.74) is 6.72. The largest absolute Gasteiger partial charge is 0.385 e. The van der Waals surface area contributed by atoms with Crippen LogP contribution in [0, 0.1) is 5.92 Å². The Hall–Kier alpha value is -0.970. The third-order valence-corrected chi connectivity index (χ3v) is 10.8. The SMILES string of the molecule is CC(C)CCCNc1ccc(SP(C)(=O)C2(C(N)=O)CCOCC2)cc1. The van der Waals surface area contributed by atoms with E-state index in [-0.39, 0.29) is 0 Å². The lowest BCUT2D eigenvalue weighted by Gasteiger charge is -2.38. The van der Waals surface area contributed by atoms with Crippen LogP contribution >= 0.6 is 17.7 Å². The van der Waals surface area contributed by atoms with Crippen LogP contribution in [-0.4, -0.2) is 37.5 Å². The number of carbonyl (C=O) groups excluding carboxylic acids is 1. The van der Waals surface area contributed by atoms with Crippen molar-refractivity contribution >= 4 is 29.3 Å². The molecule has 1 aromatic rings. The van der Waals surface area contributed by atoms with Gasteiger partial charge in [0.25, 0.3) is 0 Å². The number of nitrogens with two attached hydrogens (primary N) is 1. The minimum Gasteiger partial charge on any atom is -0.385 e. The molecule has 2 rings (SSSR count). The fourth-order valence-electron chi connectivity index (χ4n) is 3.23. The lowest BCUT2D eigenvalue weighted by molar-refractivity contribution is -0.122. The summed E-state index contributed by atoms with van der Waals surface area (Å²) in [4.78, 5) is 13.0. The minimum atomic E-state index is -2.89. The van der Waals surface area contributed by atoms with E-state index in [2.05, 4.69) is 19.2 Å². The summed E-state index contributed by atoms with van der Waals surface area (Å²) in [5, 5.41) is 2.44. The summed E-state index contributed by atoms with van der Waals surface area (Å²) in [5.74, 6) is 0.250. The Labute approximate surface area is 160 Å². The van der Waals surface area contributed by atoms with E-state index < -0.39 is 17.4 Å². The van der Waals surface area contributed by atoms with Crippen molar-refractivity contribution in [3.05, 3.63) is 24.3 Å². The molecule has 146 valence electrons. The lowest BCUT2D eigenvalue weighted by atomic mass is 9.98. The third-order valence-electron chi connectivity index (χ3n) is 4.98. The fourth-order valence-corrected chi connectivity index (χ4v) is 8.37. The van der Waals surface area contributed by atoms with Gasteiger partial charge in [-0.1, -0.05) is 25.2 Å². The first kappa shape index (κ1) is 21.3. The van der Waals surface area contributed by atoms with Crippen LogP contribution in [0.25, 0.3) is 0 Å². The van der Waals surface area contributed by atoms with Crippen LogP contribution in [0.1, 0.15) is 39.5 Å². The fraction of sp³-hybridized carbons (Fsp3) is 0.632. The van der Waals surface area contributed by atoms with E-state index >= 15 is 0 Å². The van der Waals surface area contributed by atoms with Crippen LogP contribution in [0.5, 0.6) is 0 Å². The van der Waals surface area contributed by atoms with E-state index in [1.165, 1.54) is 17.8 Å². The molecule has 1 aromatic carbocycles. The van der Waals surface area contributed by atoms with E-state index in [0.29, 0.717) is 26.1 Å². The first-order valence-corrected chi connectivity index (χ1v) is 12.8. The zero-order valence-corrected chi connectivity index (χ0v) is 17.7. The summed E-state index contributed by atoms with van der Waals surface area (Å²) in [6, 6.07) is 7.91. The molecule has 1 fully saturated rings. The standard InChI is InChI=1S/C19H31N2O3PS/c1-15(2)5-4-12-21-16-6-8-17(9-7-16)26-25(3,23)19(18(20)22)10-13-24-14-11-19/h6-9,15,21H,4-5,10-14H2,1-3H3,(H2,20,22). The number of nitrogens with one attached hydrogen (secondary N) is 1. The van der Waals surface area contributed by atoms with Crippen molar-refractivity contribution in [3.8, 4) is 0 Å². The van der Waals surface area contributed by atoms with Gasteiger partial charge in [0.1, 0.15) is 5.16 Å². The number of anilines is 1. The first-order chi connectivity index (χ1) is 12.3. The Morgan fingerprint density at radius 3 is 2.46 bits per heavy atom. The Kier molecular flexibility index (Phi) is 7.63. The van der Waals surface area contributed by atoms with E-state index in [0.717, 1.165) is 29.5 Å². The van der Waals surface area contributed by atoms with Gasteiger partial charge < -0.3 is 20.4 Å². The van der Waals surface area contributed by atoms with Gasteiger partial charge in [-0.2, -0.15) is 0 Å². The van der Waals surface area contributed by atoms with Crippen LogP contribution in [0.4, 0.5) is 5.69 Å². The molecule has 0 bridgehead atoms. The molecule has 1 aliphatic heterocycles. The molecule has 0 aromatic heterocycles. The maximum atomic E-state index is 13.5. The summed E-state index contributed by atoms with van der Waals surface area (Å²) < 4.78 is 18.8. The van der Waals surface area contributed by atoms with Gasteiger partial charge in [-0.15, -0.1) is 0 Å². The summed E-state index contributed by atoms with van der Waals surface area (Å²) in [6.07, 6.45) is 0.318. The predicted octanol–water partition coefficient (Wildman–Crippen LogP) is 4.57. The molecule has 1 saturated heterocycles. The van der Waals surface area contributed by atoms with Gasteiger partial charge in [-0.25, -0.2) is 0 Å². The van der Waals surface area contributed by atoms with Crippen molar-refractivity contribution in [3.63, 3.8) is 0 Å². The van der Waals surface area contributed by atoms with Gasteiger partial charge in [0.2, 0.25) is 5.91 Å². The highest BCUT2D eigenvalue weighted by Crippen LogP contribution is 2.70. The van der Waals surface area contributed by atoms with E-state index in [9.17, 15) is 9.36 Å². The Morgan fingerprint density at radius 1 is 1.31 bits per heavy atom. The monoisotopic (exact) mass is 398 g/mol. The van der Waals surface area contributed by atoms with Gasteiger partial charge in [0.05, 0.1) is 0 Å². The van der Waals surface area contributed by atoms with Crippen LogP contribution in [0.15, 0.2) is 29.2 Å². The molecule has 0 spiro atoms. The topological polar surface area (TPSA) is 81.4 Å². The summed E-state index contributed by atoms with van der Waals surface area (Å²) in [7, 11) is 0. The number of ether oxygens (including phenoxy) is 1. The molecule has 1 amide bonds. The lowest BCUT2D eigenvalue weighted by Crippen LogP contribution is -2.47. The van der Waals surface area contributed by atoms with Gasteiger partial charge in [-0.3, -0.25) is 4.79 Å². The van der Waals surface area contributed by atoms with Crippen molar-refractivity contribution in [2.45, 2.75) is 49.6 Å². The van der Waals surface area contributed by atoms with Crippen molar-refractivity contribution in [1.82, 2.24) is 0 Å². The van der Waals surface area contributed by atoms with Gasteiger partial charge >= 0.3 is 0 Å². The molecule has 5 nitrogen and oxygen atoms in total. The average molecular weight is 399 g/mol. The Morgan fingerprint density at radius 2 is 1.92 bits per heavy atom. The predicted molar refractivity (Wildman–Crippen MR) is 110 cm³/mol. The molecular formula is C19H31N2O3PS. The number of rotatable bonds is 9. The highest BCUT2D eigenvalue weighted by molar-refractivity contribution is 8.58. The van der Waals surface area contributed by atoms with E-state index in [1.54, 1.807) is 6.66 Å². The molecule has 1 atom stereocenters.